The van der Waals surface area contributed by atoms with Crippen molar-refractivity contribution in [2.45, 2.75) is 25.6 Å². The molecule has 3 aromatic rings. The minimum atomic E-state index is -0.368. The number of methoxy groups -OCH3 is 1. The number of rotatable bonds is 3. The molecule has 0 aromatic heterocycles. The van der Waals surface area contributed by atoms with Crippen LogP contribution in [-0.2, 0) is 0 Å². The fourth-order valence-electron chi connectivity index (χ4n) is 4.05. The van der Waals surface area contributed by atoms with Crippen molar-refractivity contribution < 1.29 is 9.47 Å². The first-order valence-electron chi connectivity index (χ1n) is 9.66. The molecule has 5 heteroatoms. The van der Waals surface area contributed by atoms with E-state index in [1.807, 2.05) is 47.5 Å². The van der Waals surface area contributed by atoms with Gasteiger partial charge in [0.2, 0.25) is 6.23 Å². The number of nitrogens with zero attached hydrogens (tertiary/aromatic N) is 2. The number of ether oxygens (including phenoxy) is 2. The van der Waals surface area contributed by atoms with Gasteiger partial charge in [0, 0.05) is 17.0 Å². The molecule has 2 heterocycles. The Kier molecular flexibility index (Phi) is 4.44. The standard InChI is InChI=1S/C24H21ClN2O2/c1-15-7-9-16(10-8-15)20-14-21-19-13-17(25)11-12-23(19)29-24(27(21)26-20)18-5-3-4-6-22(18)28-2/h3-13,21,24H,14H2,1-2H3/t21-,24-/m0/s1. The molecule has 0 spiro atoms. The number of benzene rings is 3. The second-order valence-electron chi connectivity index (χ2n) is 7.41. The van der Waals surface area contributed by atoms with Crippen LogP contribution in [0.4, 0.5) is 0 Å². The zero-order valence-corrected chi connectivity index (χ0v) is 17.1. The summed E-state index contributed by atoms with van der Waals surface area (Å²) in [5.41, 5.74) is 5.43. The van der Waals surface area contributed by atoms with Gasteiger partial charge in [-0.25, -0.2) is 5.01 Å². The molecule has 0 N–H and O–H groups in total. The Labute approximate surface area is 175 Å². The molecule has 0 saturated heterocycles. The first kappa shape index (κ1) is 18.1. The van der Waals surface area contributed by atoms with Crippen molar-refractivity contribution in [3.8, 4) is 11.5 Å². The number of hydrazone groups is 1. The Balaban J connectivity index is 1.62. The molecule has 5 rings (SSSR count). The van der Waals surface area contributed by atoms with Gasteiger partial charge in [0.25, 0.3) is 0 Å². The molecule has 4 nitrogen and oxygen atoms in total. The molecule has 29 heavy (non-hydrogen) atoms. The van der Waals surface area contributed by atoms with Gasteiger partial charge in [-0.1, -0.05) is 53.6 Å². The average molecular weight is 405 g/mol. The molecule has 0 amide bonds. The van der Waals surface area contributed by atoms with Crippen LogP contribution in [0.15, 0.2) is 71.8 Å². The van der Waals surface area contributed by atoms with Crippen LogP contribution < -0.4 is 9.47 Å². The van der Waals surface area contributed by atoms with E-state index in [0.29, 0.717) is 5.02 Å². The lowest BCUT2D eigenvalue weighted by molar-refractivity contribution is -0.0203. The lowest BCUT2D eigenvalue weighted by Crippen LogP contribution is -2.33. The summed E-state index contributed by atoms with van der Waals surface area (Å²) in [7, 11) is 1.68. The first-order valence-corrected chi connectivity index (χ1v) is 10.0. The second-order valence-corrected chi connectivity index (χ2v) is 7.84. The van der Waals surface area contributed by atoms with Gasteiger partial charge in [-0.3, -0.25) is 0 Å². The fraction of sp³-hybridized carbons (Fsp3) is 0.208. The zero-order chi connectivity index (χ0) is 20.0. The third kappa shape index (κ3) is 3.14. The SMILES string of the molecule is COc1ccccc1[C@@H]1Oc2ccc(Cl)cc2[C@@H]2CC(c3ccc(C)cc3)=NN21. The van der Waals surface area contributed by atoms with E-state index in [1.165, 1.54) is 5.56 Å². The van der Waals surface area contributed by atoms with E-state index in [-0.39, 0.29) is 12.3 Å². The van der Waals surface area contributed by atoms with Crippen LogP contribution in [-0.4, -0.2) is 17.8 Å². The summed E-state index contributed by atoms with van der Waals surface area (Å²) in [6.07, 6.45) is 0.429. The molecule has 0 radical (unpaired) electrons. The molecule has 2 aliphatic heterocycles. The minimum absolute atomic E-state index is 0.0589. The number of halogens is 1. The lowest BCUT2D eigenvalue weighted by atomic mass is 9.95. The Morgan fingerprint density at radius 3 is 2.62 bits per heavy atom. The van der Waals surface area contributed by atoms with Crippen LogP contribution in [0.2, 0.25) is 5.02 Å². The molecule has 2 atom stereocenters. The molecule has 146 valence electrons. The Hall–Kier alpha value is -2.98. The molecule has 0 fully saturated rings. The summed E-state index contributed by atoms with van der Waals surface area (Å²) >= 11 is 6.31. The van der Waals surface area contributed by atoms with Crippen molar-refractivity contribution in [3.05, 3.63) is 94.0 Å². The number of hydrogen-bond donors (Lipinski definition) is 0. The van der Waals surface area contributed by atoms with E-state index in [4.69, 9.17) is 26.2 Å². The van der Waals surface area contributed by atoms with Crippen molar-refractivity contribution in [1.82, 2.24) is 5.01 Å². The van der Waals surface area contributed by atoms with E-state index in [9.17, 15) is 0 Å². The lowest BCUT2D eigenvalue weighted by Gasteiger charge is -2.38. The maximum Gasteiger partial charge on any atom is 0.217 e. The third-order valence-electron chi connectivity index (χ3n) is 5.54. The van der Waals surface area contributed by atoms with Crippen LogP contribution in [0.3, 0.4) is 0 Å². The highest BCUT2D eigenvalue weighted by molar-refractivity contribution is 6.30. The van der Waals surface area contributed by atoms with Gasteiger partial charge >= 0.3 is 0 Å². The van der Waals surface area contributed by atoms with E-state index < -0.39 is 0 Å². The van der Waals surface area contributed by atoms with Gasteiger partial charge < -0.3 is 9.47 Å². The van der Waals surface area contributed by atoms with E-state index >= 15 is 0 Å². The summed E-state index contributed by atoms with van der Waals surface area (Å²) in [5, 5.41) is 7.75. The van der Waals surface area contributed by atoms with Crippen LogP contribution in [0, 0.1) is 6.92 Å². The first-order chi connectivity index (χ1) is 14.1. The molecular weight excluding hydrogens is 384 g/mol. The number of hydrogen-bond acceptors (Lipinski definition) is 4. The normalized spacial score (nSPS) is 19.8. The van der Waals surface area contributed by atoms with Gasteiger partial charge in [-0.15, -0.1) is 0 Å². The number of aryl methyl sites for hydroxylation is 1. The summed E-state index contributed by atoms with van der Waals surface area (Å²) < 4.78 is 12.0. The molecule has 0 bridgehead atoms. The average Bonchev–Trinajstić information content (AvgIpc) is 3.19. The Morgan fingerprint density at radius 2 is 1.83 bits per heavy atom. The van der Waals surface area contributed by atoms with Crippen molar-refractivity contribution in [2.24, 2.45) is 5.10 Å². The van der Waals surface area contributed by atoms with Crippen LogP contribution >= 0.6 is 11.6 Å². The number of para-hydroxylation sites is 1. The summed E-state index contributed by atoms with van der Waals surface area (Å²) in [4.78, 5) is 0. The van der Waals surface area contributed by atoms with Crippen LogP contribution in [0.1, 0.15) is 40.9 Å². The van der Waals surface area contributed by atoms with E-state index in [0.717, 1.165) is 40.3 Å². The highest BCUT2D eigenvalue weighted by atomic mass is 35.5. The highest BCUT2D eigenvalue weighted by Crippen LogP contribution is 2.49. The van der Waals surface area contributed by atoms with Gasteiger partial charge in [0.05, 0.1) is 24.4 Å². The number of fused-ring (bicyclic) bond motifs is 3. The van der Waals surface area contributed by atoms with E-state index in [1.54, 1.807) is 7.11 Å². The second kappa shape index (κ2) is 7.12. The van der Waals surface area contributed by atoms with Crippen molar-refractivity contribution in [3.63, 3.8) is 0 Å². The predicted octanol–water partition coefficient (Wildman–Crippen LogP) is 5.90. The van der Waals surface area contributed by atoms with Crippen molar-refractivity contribution in [2.75, 3.05) is 7.11 Å². The molecule has 0 unspecified atom stereocenters. The monoisotopic (exact) mass is 404 g/mol. The minimum Gasteiger partial charge on any atom is -0.496 e. The highest BCUT2D eigenvalue weighted by Gasteiger charge is 2.42. The van der Waals surface area contributed by atoms with Crippen LogP contribution in [0.25, 0.3) is 0 Å². The zero-order valence-electron chi connectivity index (χ0n) is 16.3. The molecule has 0 aliphatic carbocycles. The summed E-state index contributed by atoms with van der Waals surface area (Å²) in [6.45, 7) is 2.09. The van der Waals surface area contributed by atoms with Gasteiger partial charge in [-0.05, 0) is 42.8 Å². The van der Waals surface area contributed by atoms with Gasteiger partial charge in [0.15, 0.2) is 0 Å². The molecule has 2 aliphatic rings. The Morgan fingerprint density at radius 1 is 1.03 bits per heavy atom. The van der Waals surface area contributed by atoms with Crippen molar-refractivity contribution in [1.29, 1.82) is 0 Å². The molecule has 3 aromatic carbocycles. The fourth-order valence-corrected chi connectivity index (χ4v) is 4.23. The summed E-state index contributed by atoms with van der Waals surface area (Å²) in [6, 6.07) is 22.3. The van der Waals surface area contributed by atoms with E-state index in [2.05, 4.69) is 31.2 Å². The summed E-state index contributed by atoms with van der Waals surface area (Å²) in [5.74, 6) is 1.62. The molecular formula is C24H21ClN2O2. The topological polar surface area (TPSA) is 34.1 Å². The third-order valence-corrected chi connectivity index (χ3v) is 5.78. The Bertz CT molecular complexity index is 1090. The van der Waals surface area contributed by atoms with Gasteiger partial charge in [-0.2, -0.15) is 5.10 Å². The smallest absolute Gasteiger partial charge is 0.217 e. The predicted molar refractivity (Wildman–Crippen MR) is 115 cm³/mol. The maximum atomic E-state index is 6.41. The largest absolute Gasteiger partial charge is 0.496 e. The van der Waals surface area contributed by atoms with Gasteiger partial charge in [0.1, 0.15) is 11.5 Å². The quantitative estimate of drug-likeness (QED) is 0.545. The maximum absolute atomic E-state index is 6.41. The van der Waals surface area contributed by atoms with Crippen molar-refractivity contribution >= 4 is 17.3 Å². The molecule has 0 saturated carbocycles. The van der Waals surface area contributed by atoms with Crippen LogP contribution in [0.5, 0.6) is 11.5 Å².